The minimum absolute atomic E-state index is 0.0484. The van der Waals surface area contributed by atoms with Gasteiger partial charge in [-0.25, -0.2) is 8.42 Å². The first kappa shape index (κ1) is 35.9. The molecule has 258 valence electrons. The van der Waals surface area contributed by atoms with Gasteiger partial charge in [0.1, 0.15) is 0 Å². The van der Waals surface area contributed by atoms with Crippen LogP contribution in [-0.4, -0.2) is 44.7 Å². The lowest BCUT2D eigenvalue weighted by molar-refractivity contribution is -0.137. The van der Waals surface area contributed by atoms with E-state index < -0.39 is 27.0 Å². The van der Waals surface area contributed by atoms with Crippen molar-refractivity contribution in [1.82, 2.24) is 0 Å². The maximum atomic E-state index is 14.3. The fourth-order valence-corrected chi connectivity index (χ4v) is 9.40. The molecule has 1 saturated carbocycles. The maximum absolute atomic E-state index is 14.3. The summed E-state index contributed by atoms with van der Waals surface area (Å²) in [6.07, 6.45) is 4.47. The maximum Gasteiger partial charge on any atom is 0.304 e. The summed E-state index contributed by atoms with van der Waals surface area (Å²) in [7, 11) is 0.142. The topological polar surface area (TPSA) is 95.0 Å². The summed E-state index contributed by atoms with van der Waals surface area (Å²) in [4.78, 5) is 30.6. The Bertz CT molecular complexity index is 1810. The second kappa shape index (κ2) is 15.9. The number of benzene rings is 4. The van der Waals surface area contributed by atoms with Gasteiger partial charge in [0.25, 0.3) is 0 Å². The van der Waals surface area contributed by atoms with E-state index in [1.807, 2.05) is 51.0 Å². The summed E-state index contributed by atoms with van der Waals surface area (Å²) in [5, 5.41) is 9.04. The van der Waals surface area contributed by atoms with Crippen molar-refractivity contribution in [1.29, 1.82) is 0 Å². The predicted octanol–water partition coefficient (Wildman–Crippen LogP) is 8.59. The number of amides is 1. The van der Waals surface area contributed by atoms with Crippen molar-refractivity contribution in [3.8, 4) is 11.1 Å². The van der Waals surface area contributed by atoms with Crippen molar-refractivity contribution < 1.29 is 23.1 Å². The third-order valence-electron chi connectivity index (χ3n) is 9.72. The standard InChI is InChI=1S/C41H48N2O5S/c1-29(2)40(49(47,48)37-16-9-6-10-17-37)38(27-39(44)45)34-14-11-15-36(26-34)43(41(46)33-12-7-5-8-13-33)28-30-18-20-31(21-19-30)32-22-24-35(25-23-32)42(3)4/h6,9-11,14-26,29,33,38,40H,5,7-8,12-13,27-28H2,1-4H3,(H,44,45). The van der Waals surface area contributed by atoms with Crippen molar-refractivity contribution in [2.45, 2.75) is 75.0 Å². The molecule has 7 nitrogen and oxygen atoms in total. The largest absolute Gasteiger partial charge is 0.481 e. The molecule has 8 heteroatoms. The molecular weight excluding hydrogens is 633 g/mol. The Hall–Kier alpha value is -4.43. The Labute approximate surface area is 291 Å². The number of hydrogen-bond acceptors (Lipinski definition) is 5. The van der Waals surface area contributed by atoms with Gasteiger partial charge in [0.2, 0.25) is 5.91 Å². The molecule has 0 spiro atoms. The summed E-state index contributed by atoms with van der Waals surface area (Å²) in [6.45, 7) is 3.99. The molecule has 0 aromatic heterocycles. The Kier molecular flexibility index (Phi) is 11.6. The first-order valence-electron chi connectivity index (χ1n) is 17.2. The fourth-order valence-electron chi connectivity index (χ4n) is 7.15. The van der Waals surface area contributed by atoms with Gasteiger partial charge in [-0.15, -0.1) is 0 Å². The number of carbonyl (C=O) groups excluding carboxylic acids is 1. The smallest absolute Gasteiger partial charge is 0.304 e. The number of aliphatic carboxylic acids is 1. The van der Waals surface area contributed by atoms with E-state index in [0.717, 1.165) is 54.5 Å². The predicted molar refractivity (Wildman–Crippen MR) is 198 cm³/mol. The van der Waals surface area contributed by atoms with E-state index in [1.54, 1.807) is 36.4 Å². The molecular formula is C41H48N2O5S. The van der Waals surface area contributed by atoms with Crippen LogP contribution >= 0.6 is 0 Å². The first-order chi connectivity index (χ1) is 23.5. The molecule has 4 aromatic rings. The van der Waals surface area contributed by atoms with E-state index in [-0.39, 0.29) is 29.1 Å². The lowest BCUT2D eigenvalue weighted by atomic mass is 9.86. The Morgan fingerprint density at radius 3 is 1.96 bits per heavy atom. The molecule has 49 heavy (non-hydrogen) atoms. The van der Waals surface area contributed by atoms with E-state index in [1.165, 1.54) is 0 Å². The van der Waals surface area contributed by atoms with Crippen molar-refractivity contribution in [3.63, 3.8) is 0 Å². The molecule has 1 aliphatic rings. The highest BCUT2D eigenvalue weighted by molar-refractivity contribution is 7.92. The molecule has 4 aromatic carbocycles. The first-order valence-corrected chi connectivity index (χ1v) is 18.8. The monoisotopic (exact) mass is 680 g/mol. The average Bonchev–Trinajstić information content (AvgIpc) is 3.10. The van der Waals surface area contributed by atoms with Crippen LogP contribution in [0.5, 0.6) is 0 Å². The van der Waals surface area contributed by atoms with E-state index in [9.17, 15) is 23.1 Å². The van der Waals surface area contributed by atoms with Crippen LogP contribution in [0.25, 0.3) is 11.1 Å². The second-order valence-corrected chi connectivity index (χ2v) is 15.9. The number of nitrogens with zero attached hydrogens (tertiary/aromatic N) is 2. The van der Waals surface area contributed by atoms with E-state index >= 15 is 0 Å². The molecule has 0 heterocycles. The van der Waals surface area contributed by atoms with Gasteiger partial charge >= 0.3 is 5.97 Å². The van der Waals surface area contributed by atoms with Gasteiger partial charge in [0, 0.05) is 37.3 Å². The summed E-state index contributed by atoms with van der Waals surface area (Å²) in [6, 6.07) is 32.2. The molecule has 0 saturated heterocycles. The molecule has 1 aliphatic carbocycles. The zero-order valence-electron chi connectivity index (χ0n) is 29.0. The number of carbonyl (C=O) groups is 2. The zero-order valence-corrected chi connectivity index (χ0v) is 29.8. The van der Waals surface area contributed by atoms with Crippen LogP contribution in [0.2, 0.25) is 0 Å². The van der Waals surface area contributed by atoms with Crippen LogP contribution in [0.15, 0.2) is 108 Å². The van der Waals surface area contributed by atoms with Crippen LogP contribution in [-0.2, 0) is 26.0 Å². The molecule has 1 amide bonds. The summed E-state index contributed by atoms with van der Waals surface area (Å²) < 4.78 is 28.1. The van der Waals surface area contributed by atoms with Crippen molar-refractivity contribution in [2.75, 3.05) is 23.9 Å². The van der Waals surface area contributed by atoms with Crippen LogP contribution in [0.3, 0.4) is 0 Å². The fraction of sp³-hybridized carbons (Fsp3) is 0.366. The van der Waals surface area contributed by atoms with Gasteiger partial charge in [-0.1, -0.05) is 99.8 Å². The molecule has 1 N–H and O–H groups in total. The number of hydrogen-bond donors (Lipinski definition) is 1. The molecule has 2 unspecified atom stereocenters. The van der Waals surface area contributed by atoms with Gasteiger partial charge in [0.15, 0.2) is 9.84 Å². The van der Waals surface area contributed by atoms with Crippen LogP contribution < -0.4 is 9.80 Å². The van der Waals surface area contributed by atoms with E-state index in [2.05, 4.69) is 53.4 Å². The quantitative estimate of drug-likeness (QED) is 0.152. The lowest BCUT2D eigenvalue weighted by Crippen LogP contribution is -2.37. The van der Waals surface area contributed by atoms with E-state index in [0.29, 0.717) is 17.8 Å². The molecule has 0 bridgehead atoms. The SMILES string of the molecule is CC(C)C(C(CC(=O)O)c1cccc(N(Cc2ccc(-c3ccc(N(C)C)cc3)cc2)C(=O)C2CCCCC2)c1)S(=O)(=O)c1ccccc1. The average molecular weight is 681 g/mol. The number of rotatable bonds is 13. The Morgan fingerprint density at radius 1 is 0.776 bits per heavy atom. The highest BCUT2D eigenvalue weighted by atomic mass is 32.2. The van der Waals surface area contributed by atoms with Crippen LogP contribution in [0, 0.1) is 11.8 Å². The molecule has 1 fully saturated rings. The summed E-state index contributed by atoms with van der Waals surface area (Å²) >= 11 is 0. The normalized spacial score (nSPS) is 15.0. The molecule has 0 radical (unpaired) electrons. The van der Waals surface area contributed by atoms with Crippen molar-refractivity contribution in [2.24, 2.45) is 11.8 Å². The minimum Gasteiger partial charge on any atom is -0.481 e. The van der Waals surface area contributed by atoms with Crippen molar-refractivity contribution in [3.05, 3.63) is 114 Å². The van der Waals surface area contributed by atoms with Gasteiger partial charge in [-0.05, 0) is 77.4 Å². The number of sulfone groups is 1. The van der Waals surface area contributed by atoms with Crippen LogP contribution in [0.1, 0.15) is 69.4 Å². The minimum atomic E-state index is -3.89. The summed E-state index contributed by atoms with van der Waals surface area (Å²) in [5.41, 5.74) is 5.52. The second-order valence-electron chi connectivity index (χ2n) is 13.8. The highest BCUT2D eigenvalue weighted by Gasteiger charge is 2.39. The zero-order chi connectivity index (χ0) is 35.1. The Morgan fingerprint density at radius 2 is 1.39 bits per heavy atom. The van der Waals surface area contributed by atoms with Gasteiger partial charge in [-0.3, -0.25) is 9.59 Å². The van der Waals surface area contributed by atoms with Crippen LogP contribution in [0.4, 0.5) is 11.4 Å². The van der Waals surface area contributed by atoms with Gasteiger partial charge in [-0.2, -0.15) is 0 Å². The number of carboxylic acids is 1. The van der Waals surface area contributed by atoms with Crippen molar-refractivity contribution >= 4 is 33.1 Å². The summed E-state index contributed by atoms with van der Waals surface area (Å²) in [5.74, 6) is -2.31. The van der Waals surface area contributed by atoms with Gasteiger partial charge < -0.3 is 14.9 Å². The number of anilines is 2. The third kappa shape index (κ3) is 8.60. The Balaban J connectivity index is 1.51. The number of carboxylic acid groups (broad SMARTS) is 1. The van der Waals surface area contributed by atoms with Gasteiger partial charge in [0.05, 0.1) is 23.1 Å². The molecule has 0 aliphatic heterocycles. The highest BCUT2D eigenvalue weighted by Crippen LogP contribution is 2.38. The lowest BCUT2D eigenvalue weighted by Gasteiger charge is -2.32. The third-order valence-corrected chi connectivity index (χ3v) is 12.2. The molecule has 5 rings (SSSR count). The van der Waals surface area contributed by atoms with E-state index in [4.69, 9.17) is 0 Å². The molecule has 2 atom stereocenters.